The van der Waals surface area contributed by atoms with Gasteiger partial charge in [0.2, 0.25) is 0 Å². The van der Waals surface area contributed by atoms with Crippen molar-refractivity contribution in [2.24, 2.45) is 12.8 Å². The number of likely N-dealkylation sites (N-methyl/N-ethyl adjacent to an activating group) is 1. The van der Waals surface area contributed by atoms with E-state index in [0.717, 1.165) is 10.3 Å². The van der Waals surface area contributed by atoms with Gasteiger partial charge in [-0.2, -0.15) is 13.2 Å². The van der Waals surface area contributed by atoms with Gasteiger partial charge in [-0.15, -0.1) is 0 Å². The molecule has 0 radical (unpaired) electrons. The normalized spacial score (nSPS) is 20.0. The van der Waals surface area contributed by atoms with Gasteiger partial charge in [0.1, 0.15) is 5.82 Å². The van der Waals surface area contributed by atoms with Crippen LogP contribution in [0.25, 0.3) is 22.4 Å². The second kappa shape index (κ2) is 11.6. The van der Waals surface area contributed by atoms with E-state index in [9.17, 15) is 22.8 Å². The summed E-state index contributed by atoms with van der Waals surface area (Å²) in [5.74, 6) is -1.93. The number of nitrogens with two attached hydrogens (primary N) is 1. The predicted molar refractivity (Wildman–Crippen MR) is 158 cm³/mol. The Morgan fingerprint density at radius 3 is 2.09 bits per heavy atom. The lowest BCUT2D eigenvalue weighted by Crippen LogP contribution is -2.55. The third-order valence-corrected chi connectivity index (χ3v) is 8.59. The first-order valence-corrected chi connectivity index (χ1v) is 14.1. The first kappa shape index (κ1) is 30.6. The van der Waals surface area contributed by atoms with Gasteiger partial charge in [-0.05, 0) is 50.7 Å². The minimum Gasteiger partial charge on any atom is -0.378 e. The van der Waals surface area contributed by atoms with E-state index in [-0.39, 0.29) is 34.6 Å². The molecule has 2 aromatic carbocycles. The number of anilines is 2. The van der Waals surface area contributed by atoms with Crippen LogP contribution in [0.3, 0.4) is 0 Å². The molecule has 0 saturated carbocycles. The average Bonchev–Trinajstić information content (AvgIpc) is 2.96. The maximum Gasteiger partial charge on any atom is 0.417 e. The van der Waals surface area contributed by atoms with Crippen molar-refractivity contribution in [3.63, 3.8) is 0 Å². The fourth-order valence-electron chi connectivity index (χ4n) is 6.00. The topological polar surface area (TPSA) is 84.0 Å². The summed E-state index contributed by atoms with van der Waals surface area (Å²) in [6, 6.07) is 10.3. The molecule has 2 fully saturated rings. The number of benzene rings is 2. The number of morpholine rings is 1. The van der Waals surface area contributed by atoms with Gasteiger partial charge in [-0.3, -0.25) is 14.5 Å². The minimum atomic E-state index is -5.03. The number of carbonyl (C=O) groups is 1. The van der Waals surface area contributed by atoms with E-state index in [1.165, 1.54) is 19.2 Å². The van der Waals surface area contributed by atoms with Crippen molar-refractivity contribution < 1.29 is 27.1 Å². The molecule has 12 heteroatoms. The molecule has 2 aliphatic rings. The number of nitrogens with zero attached hydrogens (tertiary/aromatic N) is 4. The highest BCUT2D eigenvalue weighted by atomic mass is 19.4. The van der Waals surface area contributed by atoms with Gasteiger partial charge >= 0.3 is 6.18 Å². The summed E-state index contributed by atoms with van der Waals surface area (Å²) < 4.78 is 64.9. The molecule has 0 aliphatic carbocycles. The van der Waals surface area contributed by atoms with Crippen molar-refractivity contribution in [3.05, 3.63) is 69.8 Å². The van der Waals surface area contributed by atoms with E-state index >= 15 is 4.39 Å². The fourth-order valence-corrected chi connectivity index (χ4v) is 6.00. The molecule has 3 heterocycles. The van der Waals surface area contributed by atoms with Crippen molar-refractivity contribution in [3.8, 4) is 22.4 Å². The summed E-state index contributed by atoms with van der Waals surface area (Å²) in [5.41, 5.74) is 3.92. The number of hydrogen-bond acceptors (Lipinski definition) is 6. The number of hydrogen-bond donors (Lipinski definition) is 1. The number of rotatable bonds is 5. The van der Waals surface area contributed by atoms with Crippen molar-refractivity contribution >= 4 is 17.3 Å². The highest BCUT2D eigenvalue weighted by Gasteiger charge is 2.39. The minimum absolute atomic E-state index is 0.0352. The quantitative estimate of drug-likeness (QED) is 0.439. The third-order valence-electron chi connectivity index (χ3n) is 8.59. The first-order valence-electron chi connectivity index (χ1n) is 14.1. The number of halogens is 4. The van der Waals surface area contributed by atoms with E-state index in [1.807, 2.05) is 37.9 Å². The predicted octanol–water partition coefficient (Wildman–Crippen LogP) is 4.34. The molecule has 2 atom stereocenters. The van der Waals surface area contributed by atoms with Crippen LogP contribution in [0.2, 0.25) is 0 Å². The van der Waals surface area contributed by atoms with Crippen LogP contribution in [0.5, 0.6) is 0 Å². The Bertz CT molecular complexity index is 1570. The van der Waals surface area contributed by atoms with Crippen LogP contribution in [0.4, 0.5) is 28.9 Å². The molecule has 2 saturated heterocycles. The molecule has 230 valence electrons. The van der Waals surface area contributed by atoms with Crippen LogP contribution < -0.4 is 21.1 Å². The lowest BCUT2D eigenvalue weighted by molar-refractivity contribution is -0.138. The molecule has 2 aliphatic heterocycles. The summed E-state index contributed by atoms with van der Waals surface area (Å²) in [4.78, 5) is 31.8. The van der Waals surface area contributed by atoms with Crippen LogP contribution in [0.15, 0.2) is 47.3 Å². The summed E-state index contributed by atoms with van der Waals surface area (Å²) in [7, 11) is 3.25. The van der Waals surface area contributed by atoms with Crippen molar-refractivity contribution in [2.75, 3.05) is 56.2 Å². The lowest BCUT2D eigenvalue weighted by atomic mass is 9.93. The first-order chi connectivity index (χ1) is 20.3. The largest absolute Gasteiger partial charge is 0.417 e. The molecule has 5 rings (SSSR count). The second-order valence-corrected chi connectivity index (χ2v) is 11.3. The number of aromatic nitrogens is 1. The van der Waals surface area contributed by atoms with Gasteiger partial charge in [-0.25, -0.2) is 4.39 Å². The maximum atomic E-state index is 16.0. The molecule has 1 aromatic heterocycles. The van der Waals surface area contributed by atoms with Crippen LogP contribution in [0.1, 0.15) is 29.8 Å². The van der Waals surface area contributed by atoms with E-state index < -0.39 is 34.6 Å². The van der Waals surface area contributed by atoms with E-state index in [1.54, 1.807) is 12.1 Å². The molecule has 0 bridgehead atoms. The van der Waals surface area contributed by atoms with Gasteiger partial charge in [0.25, 0.3) is 11.5 Å². The molecule has 2 N–H and O–H groups in total. The van der Waals surface area contributed by atoms with Crippen molar-refractivity contribution in [1.82, 2.24) is 9.47 Å². The Balaban J connectivity index is 1.75. The van der Waals surface area contributed by atoms with Crippen molar-refractivity contribution in [1.29, 1.82) is 0 Å². The highest BCUT2D eigenvalue weighted by molar-refractivity contribution is 6.02. The van der Waals surface area contributed by atoms with Gasteiger partial charge in [-0.1, -0.05) is 12.1 Å². The highest BCUT2D eigenvalue weighted by Crippen LogP contribution is 2.42. The van der Waals surface area contributed by atoms with E-state index in [2.05, 4.69) is 9.80 Å². The summed E-state index contributed by atoms with van der Waals surface area (Å²) in [6.07, 6.45) is -5.03. The standard InChI is InChI=1S/C31H35F4N5O3/c1-18-16-40(17-19(2)37(18)3)26-15-25(32)22(20-5-7-21(8-6-20)39-9-11-43-12-10-39)13-23(26)29-28(30(36)42)24(31(33,34)35)14-27(41)38(29)4/h5-8,13-15,18-19H,9-12,16-17H2,1-4H3,(H2,36,42)/t18-,19+. The van der Waals surface area contributed by atoms with Crippen LogP contribution >= 0.6 is 0 Å². The zero-order valence-corrected chi connectivity index (χ0v) is 24.5. The summed E-state index contributed by atoms with van der Waals surface area (Å²) in [6.45, 7) is 7.52. The monoisotopic (exact) mass is 601 g/mol. The van der Waals surface area contributed by atoms with Crippen LogP contribution in [0, 0.1) is 5.82 Å². The Morgan fingerprint density at radius 1 is 0.930 bits per heavy atom. The van der Waals surface area contributed by atoms with Gasteiger partial charge < -0.3 is 24.8 Å². The Hall–Kier alpha value is -3.90. The zero-order valence-electron chi connectivity index (χ0n) is 24.5. The molecule has 8 nitrogen and oxygen atoms in total. The Kier molecular flexibility index (Phi) is 8.28. The Morgan fingerprint density at radius 2 is 1.53 bits per heavy atom. The molecular weight excluding hydrogens is 566 g/mol. The average molecular weight is 602 g/mol. The summed E-state index contributed by atoms with van der Waals surface area (Å²) in [5, 5.41) is 0. The zero-order chi connectivity index (χ0) is 31.2. The fraction of sp³-hybridized carbons (Fsp3) is 0.419. The van der Waals surface area contributed by atoms with Gasteiger partial charge in [0.05, 0.1) is 30.0 Å². The van der Waals surface area contributed by atoms with E-state index in [0.29, 0.717) is 51.0 Å². The van der Waals surface area contributed by atoms with Gasteiger partial charge in [0, 0.05) is 73.9 Å². The number of ether oxygens (including phenoxy) is 1. The molecule has 1 amide bonds. The SMILES string of the molecule is C[C@@H]1CN(c2cc(F)c(-c3ccc(N4CCOCC4)cc3)cc2-c2c(C(N)=O)c(C(F)(F)F)cc(=O)n2C)C[C@H](C)N1C. The lowest BCUT2D eigenvalue weighted by Gasteiger charge is -2.44. The number of alkyl halides is 3. The van der Waals surface area contributed by atoms with Gasteiger partial charge in [0.15, 0.2) is 0 Å². The number of piperazine rings is 1. The molecule has 3 aromatic rings. The number of primary amides is 1. The van der Waals surface area contributed by atoms with Crippen molar-refractivity contribution in [2.45, 2.75) is 32.1 Å². The van der Waals surface area contributed by atoms with Crippen LogP contribution in [-0.2, 0) is 18.0 Å². The molecule has 0 spiro atoms. The molecule has 0 unspecified atom stereocenters. The van der Waals surface area contributed by atoms with E-state index in [4.69, 9.17) is 10.5 Å². The molecular formula is C31H35F4N5O3. The summed E-state index contributed by atoms with van der Waals surface area (Å²) >= 11 is 0. The second-order valence-electron chi connectivity index (χ2n) is 11.3. The smallest absolute Gasteiger partial charge is 0.378 e. The number of carbonyl (C=O) groups excluding carboxylic acids is 1. The maximum absolute atomic E-state index is 16.0. The number of amides is 1. The molecule has 43 heavy (non-hydrogen) atoms. The number of pyridine rings is 1. The van der Waals surface area contributed by atoms with Crippen LogP contribution in [-0.4, -0.2) is 73.9 Å². The Labute approximate surface area is 247 Å². The third kappa shape index (κ3) is 5.85.